The zero-order valence-corrected chi connectivity index (χ0v) is 12.0. The molecule has 0 saturated heterocycles. The normalized spacial score (nSPS) is 15.3. The van der Waals surface area contributed by atoms with Crippen LogP contribution in [0.3, 0.4) is 0 Å². The molecule has 1 aliphatic rings. The molecule has 0 spiro atoms. The third-order valence-electron chi connectivity index (χ3n) is 3.54. The molecule has 1 fully saturated rings. The number of hydrazone groups is 1. The summed E-state index contributed by atoms with van der Waals surface area (Å²) in [6.07, 6.45) is 7.31. The number of amides is 1. The second-order valence-corrected chi connectivity index (χ2v) is 5.15. The molecule has 0 bridgehead atoms. The van der Waals surface area contributed by atoms with Crippen molar-refractivity contribution in [1.29, 1.82) is 0 Å². The fraction of sp³-hybridized carbons (Fsp3) is 0.500. The molecule has 1 amide bonds. The Morgan fingerprint density at radius 2 is 1.80 bits per heavy atom. The largest absolute Gasteiger partial charge is 0.497 e. The molecule has 2 rings (SSSR count). The zero-order chi connectivity index (χ0) is 14.2. The van der Waals surface area contributed by atoms with E-state index in [2.05, 4.69) is 10.5 Å². The van der Waals surface area contributed by atoms with Gasteiger partial charge >= 0.3 is 0 Å². The van der Waals surface area contributed by atoms with Crippen LogP contribution in [0.1, 0.15) is 44.1 Å². The summed E-state index contributed by atoms with van der Waals surface area (Å²) in [6, 6.07) is 7.52. The van der Waals surface area contributed by atoms with Gasteiger partial charge in [-0.25, -0.2) is 5.43 Å². The van der Waals surface area contributed by atoms with Crippen LogP contribution in [-0.2, 0) is 11.2 Å². The lowest BCUT2D eigenvalue weighted by Crippen LogP contribution is -2.21. The van der Waals surface area contributed by atoms with E-state index in [4.69, 9.17) is 4.74 Å². The van der Waals surface area contributed by atoms with Crippen molar-refractivity contribution in [2.45, 2.75) is 44.9 Å². The number of carbonyl (C=O) groups excluding carboxylic acids is 1. The Morgan fingerprint density at radius 1 is 1.15 bits per heavy atom. The average Bonchev–Trinajstić information content (AvgIpc) is 2.74. The van der Waals surface area contributed by atoms with E-state index >= 15 is 0 Å². The molecule has 1 saturated carbocycles. The predicted molar refractivity (Wildman–Crippen MR) is 80.0 cm³/mol. The summed E-state index contributed by atoms with van der Waals surface area (Å²) in [5.41, 5.74) is 4.77. The van der Waals surface area contributed by atoms with Crippen LogP contribution in [-0.4, -0.2) is 18.7 Å². The van der Waals surface area contributed by atoms with E-state index in [1.807, 2.05) is 24.3 Å². The van der Waals surface area contributed by atoms with Gasteiger partial charge in [0.1, 0.15) is 5.75 Å². The number of ether oxygens (including phenoxy) is 1. The third kappa shape index (κ3) is 4.68. The fourth-order valence-corrected chi connectivity index (χ4v) is 2.36. The van der Waals surface area contributed by atoms with E-state index in [1.54, 1.807) is 7.11 Å². The maximum atomic E-state index is 11.8. The van der Waals surface area contributed by atoms with E-state index in [0.29, 0.717) is 6.42 Å². The molecule has 0 unspecified atom stereocenters. The molecule has 0 aliphatic heterocycles. The summed E-state index contributed by atoms with van der Waals surface area (Å²) >= 11 is 0. The van der Waals surface area contributed by atoms with Crippen molar-refractivity contribution in [1.82, 2.24) is 5.43 Å². The second-order valence-electron chi connectivity index (χ2n) is 5.15. The molecule has 108 valence electrons. The van der Waals surface area contributed by atoms with Gasteiger partial charge in [0, 0.05) is 5.71 Å². The Labute approximate surface area is 120 Å². The first kappa shape index (κ1) is 14.6. The van der Waals surface area contributed by atoms with E-state index in [1.165, 1.54) is 25.7 Å². The van der Waals surface area contributed by atoms with Crippen molar-refractivity contribution >= 4 is 11.6 Å². The quantitative estimate of drug-likeness (QED) is 0.677. The number of methoxy groups -OCH3 is 1. The van der Waals surface area contributed by atoms with Gasteiger partial charge in [0.2, 0.25) is 5.91 Å². The van der Waals surface area contributed by atoms with Gasteiger partial charge < -0.3 is 4.74 Å². The highest BCUT2D eigenvalue weighted by Crippen LogP contribution is 2.14. The van der Waals surface area contributed by atoms with E-state index < -0.39 is 0 Å². The smallest absolute Gasteiger partial charge is 0.244 e. The molecular formula is C16H22N2O2. The Kier molecular flexibility index (Phi) is 5.59. The molecule has 1 aromatic carbocycles. The summed E-state index contributed by atoms with van der Waals surface area (Å²) in [4.78, 5) is 11.8. The number of nitrogens with zero attached hydrogens (tertiary/aromatic N) is 1. The van der Waals surface area contributed by atoms with Crippen molar-refractivity contribution in [2.75, 3.05) is 7.11 Å². The van der Waals surface area contributed by atoms with Crippen molar-refractivity contribution in [3.05, 3.63) is 29.8 Å². The van der Waals surface area contributed by atoms with Crippen LogP contribution < -0.4 is 10.2 Å². The van der Waals surface area contributed by atoms with Crippen LogP contribution in [0.25, 0.3) is 0 Å². The Balaban J connectivity index is 1.83. The van der Waals surface area contributed by atoms with Crippen molar-refractivity contribution in [3.63, 3.8) is 0 Å². The topological polar surface area (TPSA) is 50.7 Å². The lowest BCUT2D eigenvalue weighted by Gasteiger charge is -2.05. The maximum absolute atomic E-state index is 11.8. The standard InChI is InChI=1S/C16H22N2O2/c1-20-15-10-8-13(9-11-15)12-16(19)18-17-14-6-4-2-3-5-7-14/h8-11H,2-7,12H2,1H3,(H,18,19). The van der Waals surface area contributed by atoms with E-state index in [9.17, 15) is 4.79 Å². The molecule has 4 heteroatoms. The molecule has 0 heterocycles. The SMILES string of the molecule is COc1ccc(CC(=O)NN=C2CCCCCC2)cc1. The van der Waals surface area contributed by atoms with Gasteiger partial charge in [-0.1, -0.05) is 25.0 Å². The van der Waals surface area contributed by atoms with Crippen LogP contribution in [0.5, 0.6) is 5.75 Å². The van der Waals surface area contributed by atoms with Crippen LogP contribution >= 0.6 is 0 Å². The van der Waals surface area contributed by atoms with Crippen LogP contribution in [0.15, 0.2) is 29.4 Å². The summed E-state index contributed by atoms with van der Waals surface area (Å²) in [6.45, 7) is 0. The molecule has 0 atom stereocenters. The lowest BCUT2D eigenvalue weighted by atomic mass is 10.1. The van der Waals surface area contributed by atoms with Gasteiger partial charge in [0.25, 0.3) is 0 Å². The van der Waals surface area contributed by atoms with Crippen LogP contribution in [0.2, 0.25) is 0 Å². The monoisotopic (exact) mass is 274 g/mol. The molecule has 1 aromatic rings. The Hall–Kier alpha value is -1.84. The predicted octanol–water partition coefficient (Wildman–Crippen LogP) is 3.06. The first-order valence-corrected chi connectivity index (χ1v) is 7.25. The highest BCUT2D eigenvalue weighted by molar-refractivity contribution is 5.86. The number of benzene rings is 1. The number of nitrogens with one attached hydrogen (secondary N) is 1. The van der Waals surface area contributed by atoms with Gasteiger partial charge in [-0.05, 0) is 43.4 Å². The summed E-state index contributed by atoms with van der Waals surface area (Å²) in [5.74, 6) is 0.736. The van der Waals surface area contributed by atoms with Gasteiger partial charge in [0.15, 0.2) is 0 Å². The Bertz CT molecular complexity index is 456. The fourth-order valence-electron chi connectivity index (χ4n) is 2.36. The molecule has 1 aliphatic carbocycles. The number of hydrogen-bond acceptors (Lipinski definition) is 3. The highest BCUT2D eigenvalue weighted by atomic mass is 16.5. The zero-order valence-electron chi connectivity index (χ0n) is 12.0. The number of hydrogen-bond donors (Lipinski definition) is 1. The highest BCUT2D eigenvalue weighted by Gasteiger charge is 2.07. The van der Waals surface area contributed by atoms with E-state index in [-0.39, 0.29) is 5.91 Å². The number of carbonyl (C=O) groups is 1. The van der Waals surface area contributed by atoms with Crippen molar-refractivity contribution in [3.8, 4) is 5.75 Å². The summed E-state index contributed by atoms with van der Waals surface area (Å²) in [5, 5.41) is 4.27. The van der Waals surface area contributed by atoms with Crippen LogP contribution in [0.4, 0.5) is 0 Å². The average molecular weight is 274 g/mol. The van der Waals surface area contributed by atoms with Gasteiger partial charge in [-0.15, -0.1) is 0 Å². The first-order chi connectivity index (χ1) is 9.78. The minimum Gasteiger partial charge on any atom is -0.497 e. The summed E-state index contributed by atoms with van der Waals surface area (Å²) < 4.78 is 5.09. The van der Waals surface area contributed by atoms with Crippen LogP contribution in [0, 0.1) is 0 Å². The van der Waals surface area contributed by atoms with E-state index in [0.717, 1.165) is 29.9 Å². The van der Waals surface area contributed by atoms with Crippen molar-refractivity contribution in [2.24, 2.45) is 5.10 Å². The molecule has 4 nitrogen and oxygen atoms in total. The maximum Gasteiger partial charge on any atom is 0.244 e. The third-order valence-corrected chi connectivity index (χ3v) is 3.54. The molecule has 20 heavy (non-hydrogen) atoms. The molecule has 1 N–H and O–H groups in total. The molecule has 0 radical (unpaired) electrons. The molecular weight excluding hydrogens is 252 g/mol. The summed E-state index contributed by atoms with van der Waals surface area (Å²) in [7, 11) is 1.63. The minimum atomic E-state index is -0.0630. The second kappa shape index (κ2) is 7.68. The van der Waals surface area contributed by atoms with Gasteiger partial charge in [0.05, 0.1) is 13.5 Å². The first-order valence-electron chi connectivity index (χ1n) is 7.25. The minimum absolute atomic E-state index is 0.0630. The number of rotatable bonds is 4. The Morgan fingerprint density at radius 3 is 2.40 bits per heavy atom. The van der Waals surface area contributed by atoms with Gasteiger partial charge in [-0.2, -0.15) is 5.10 Å². The van der Waals surface area contributed by atoms with Gasteiger partial charge in [-0.3, -0.25) is 4.79 Å². The van der Waals surface area contributed by atoms with Crippen molar-refractivity contribution < 1.29 is 9.53 Å². The lowest BCUT2D eigenvalue weighted by molar-refractivity contribution is -0.120. The molecule has 0 aromatic heterocycles.